The lowest BCUT2D eigenvalue weighted by Crippen LogP contribution is -2.33. The van der Waals surface area contributed by atoms with Crippen molar-refractivity contribution in [2.45, 2.75) is 25.6 Å². The molecule has 0 bridgehead atoms. The van der Waals surface area contributed by atoms with E-state index in [4.69, 9.17) is 10.5 Å². The van der Waals surface area contributed by atoms with E-state index in [1.165, 1.54) is 12.1 Å². The van der Waals surface area contributed by atoms with Crippen LogP contribution >= 0.6 is 0 Å². The molecule has 3 N–H and O–H groups in total. The van der Waals surface area contributed by atoms with Crippen molar-refractivity contribution >= 4 is 11.8 Å². The first kappa shape index (κ1) is 18.2. The number of benzene rings is 1. The van der Waals surface area contributed by atoms with E-state index < -0.39 is 23.5 Å². The van der Waals surface area contributed by atoms with E-state index in [0.717, 1.165) is 6.07 Å². The predicted molar refractivity (Wildman–Crippen MR) is 89.8 cm³/mol. The lowest BCUT2D eigenvalue weighted by Gasteiger charge is -2.32. The van der Waals surface area contributed by atoms with Gasteiger partial charge in [-0.15, -0.1) is 0 Å². The molecular formula is C17H19F3N4O2. The summed E-state index contributed by atoms with van der Waals surface area (Å²) >= 11 is 0. The second-order valence-electron chi connectivity index (χ2n) is 6.13. The first-order valence-electron chi connectivity index (χ1n) is 8.11. The summed E-state index contributed by atoms with van der Waals surface area (Å²) in [7, 11) is 0. The van der Waals surface area contributed by atoms with Gasteiger partial charge in [-0.25, -0.2) is 4.98 Å². The smallest absolute Gasteiger partial charge is 0.416 e. The molecule has 0 aliphatic carbocycles. The highest BCUT2D eigenvalue weighted by Crippen LogP contribution is 2.40. The third-order valence-electron chi connectivity index (χ3n) is 4.19. The maximum Gasteiger partial charge on any atom is 0.416 e. The number of phenolic OH excluding ortho intramolecular Hbond substituents is 1. The van der Waals surface area contributed by atoms with Crippen LogP contribution in [0.1, 0.15) is 29.3 Å². The number of nitrogens with zero attached hydrogens (tertiary/aromatic N) is 3. The highest BCUT2D eigenvalue weighted by molar-refractivity contribution is 5.49. The monoisotopic (exact) mass is 368 g/mol. The lowest BCUT2D eigenvalue weighted by molar-refractivity contribution is -0.138. The molecule has 2 aromatic rings. The number of aromatic nitrogens is 2. The van der Waals surface area contributed by atoms with E-state index in [9.17, 15) is 18.3 Å². The highest BCUT2D eigenvalue weighted by Gasteiger charge is 2.38. The highest BCUT2D eigenvalue weighted by atomic mass is 19.4. The molecule has 1 atom stereocenters. The van der Waals surface area contributed by atoms with E-state index in [-0.39, 0.29) is 18.1 Å². The number of aromatic hydroxyl groups is 1. The minimum atomic E-state index is -4.60. The first-order chi connectivity index (χ1) is 12.3. The van der Waals surface area contributed by atoms with Crippen molar-refractivity contribution in [3.05, 3.63) is 41.1 Å². The van der Waals surface area contributed by atoms with Crippen molar-refractivity contribution in [3.63, 3.8) is 0 Å². The number of phenols is 1. The molecule has 26 heavy (non-hydrogen) atoms. The van der Waals surface area contributed by atoms with Crippen LogP contribution in [0.3, 0.4) is 0 Å². The number of nitrogen functional groups attached to an aromatic ring is 1. The van der Waals surface area contributed by atoms with Crippen molar-refractivity contribution in [3.8, 4) is 5.75 Å². The van der Waals surface area contributed by atoms with Crippen molar-refractivity contribution in [1.82, 2.24) is 9.97 Å². The summed E-state index contributed by atoms with van der Waals surface area (Å²) < 4.78 is 46.1. The molecule has 0 spiro atoms. The number of anilines is 2. The normalized spacial score (nSPS) is 18.6. The van der Waals surface area contributed by atoms with Crippen molar-refractivity contribution in [2.24, 2.45) is 0 Å². The number of ether oxygens (including phenoxy) is 1. The van der Waals surface area contributed by atoms with Crippen LogP contribution in [0.2, 0.25) is 0 Å². The summed E-state index contributed by atoms with van der Waals surface area (Å²) in [5, 5.41) is 9.53. The van der Waals surface area contributed by atoms with Gasteiger partial charge in [0.2, 0.25) is 5.95 Å². The van der Waals surface area contributed by atoms with Crippen LogP contribution in [0.25, 0.3) is 0 Å². The molecule has 0 saturated carbocycles. The molecule has 1 aromatic heterocycles. The van der Waals surface area contributed by atoms with Gasteiger partial charge in [0.25, 0.3) is 0 Å². The number of hydrogen-bond donors (Lipinski definition) is 2. The summed E-state index contributed by atoms with van der Waals surface area (Å²) in [4.78, 5) is 9.95. The van der Waals surface area contributed by atoms with Crippen molar-refractivity contribution in [1.29, 1.82) is 0 Å². The second-order valence-corrected chi connectivity index (χ2v) is 6.13. The molecule has 1 aliphatic heterocycles. The Kier molecular flexibility index (Phi) is 4.90. The fourth-order valence-corrected chi connectivity index (χ4v) is 3.11. The number of nitrogens with two attached hydrogens (primary N) is 1. The molecule has 140 valence electrons. The Morgan fingerprint density at radius 2 is 2.04 bits per heavy atom. The summed E-state index contributed by atoms with van der Waals surface area (Å²) in [6.45, 7) is 2.70. The Labute approximate surface area is 148 Å². The number of hydrogen-bond acceptors (Lipinski definition) is 6. The van der Waals surface area contributed by atoms with Gasteiger partial charge < -0.3 is 20.5 Å². The lowest BCUT2D eigenvalue weighted by atomic mass is 9.98. The molecular weight excluding hydrogens is 349 g/mol. The third kappa shape index (κ3) is 3.82. The second kappa shape index (κ2) is 6.99. The minimum absolute atomic E-state index is 0.0204. The minimum Gasteiger partial charge on any atom is -0.508 e. The Morgan fingerprint density at radius 3 is 2.73 bits per heavy atom. The summed E-state index contributed by atoms with van der Waals surface area (Å²) in [5.41, 5.74) is 5.47. The Balaban J connectivity index is 2.11. The topological polar surface area (TPSA) is 84.5 Å². The molecule has 9 heteroatoms. The van der Waals surface area contributed by atoms with Gasteiger partial charge in [-0.2, -0.15) is 18.2 Å². The molecule has 0 radical (unpaired) electrons. The quantitative estimate of drug-likeness (QED) is 0.848. The molecule has 1 saturated heterocycles. The molecule has 6 nitrogen and oxygen atoms in total. The maximum absolute atomic E-state index is 13.5. The summed E-state index contributed by atoms with van der Waals surface area (Å²) in [6.07, 6.45) is -3.97. The SMILES string of the molecule is Cc1cc(N2CCCOCC2c2ccc(O)cc2C(F)(F)F)nc(N)n1. The van der Waals surface area contributed by atoms with Gasteiger partial charge in [-0.1, -0.05) is 6.07 Å². The standard InChI is InChI=1S/C17H19F3N4O2/c1-10-7-15(23-16(21)22-10)24-5-2-6-26-9-14(24)12-4-3-11(25)8-13(12)17(18,19)20/h3-4,7-8,14,25H,2,5-6,9H2,1H3,(H2,21,22,23). The number of aryl methyl sites for hydroxylation is 1. The maximum atomic E-state index is 13.5. The average Bonchev–Trinajstić information content (AvgIpc) is 2.79. The van der Waals surface area contributed by atoms with Crippen molar-refractivity contribution in [2.75, 3.05) is 30.4 Å². The number of halogens is 3. The molecule has 1 aromatic carbocycles. The molecule has 1 aliphatic rings. The van der Waals surface area contributed by atoms with Crippen LogP contribution in [-0.4, -0.2) is 34.8 Å². The van der Waals surface area contributed by atoms with Gasteiger partial charge >= 0.3 is 6.18 Å². The summed E-state index contributed by atoms with van der Waals surface area (Å²) in [5.74, 6) is 0.0710. The fourth-order valence-electron chi connectivity index (χ4n) is 3.11. The average molecular weight is 368 g/mol. The Hall–Kier alpha value is -2.55. The van der Waals surface area contributed by atoms with E-state index in [2.05, 4.69) is 9.97 Å². The van der Waals surface area contributed by atoms with Crippen LogP contribution in [0.4, 0.5) is 24.9 Å². The van der Waals surface area contributed by atoms with E-state index in [0.29, 0.717) is 31.1 Å². The zero-order valence-corrected chi connectivity index (χ0v) is 14.1. The van der Waals surface area contributed by atoms with Gasteiger partial charge in [0.15, 0.2) is 0 Å². The Morgan fingerprint density at radius 1 is 1.27 bits per heavy atom. The molecule has 1 unspecified atom stereocenters. The van der Waals surface area contributed by atoms with Gasteiger partial charge in [0.05, 0.1) is 18.2 Å². The van der Waals surface area contributed by atoms with E-state index in [1.807, 2.05) is 0 Å². The molecule has 3 rings (SSSR count). The van der Waals surface area contributed by atoms with E-state index >= 15 is 0 Å². The van der Waals surface area contributed by atoms with E-state index in [1.54, 1.807) is 17.9 Å². The molecule has 1 fully saturated rings. The number of rotatable bonds is 2. The van der Waals surface area contributed by atoms with Crippen LogP contribution in [0.5, 0.6) is 5.75 Å². The van der Waals surface area contributed by atoms with Gasteiger partial charge in [0.1, 0.15) is 11.6 Å². The Bertz CT molecular complexity index is 778. The first-order valence-corrected chi connectivity index (χ1v) is 8.11. The van der Waals surface area contributed by atoms with Crippen LogP contribution in [0, 0.1) is 6.92 Å². The van der Waals surface area contributed by atoms with Gasteiger partial charge in [-0.05, 0) is 31.0 Å². The number of alkyl halides is 3. The zero-order valence-electron chi connectivity index (χ0n) is 14.1. The predicted octanol–water partition coefficient (Wildman–Crippen LogP) is 3.06. The van der Waals surface area contributed by atoms with Crippen LogP contribution < -0.4 is 10.6 Å². The third-order valence-corrected chi connectivity index (χ3v) is 4.19. The largest absolute Gasteiger partial charge is 0.508 e. The van der Waals surface area contributed by atoms with Crippen LogP contribution in [0.15, 0.2) is 24.3 Å². The van der Waals surface area contributed by atoms with Crippen LogP contribution in [-0.2, 0) is 10.9 Å². The summed E-state index contributed by atoms with van der Waals surface area (Å²) in [6, 6.07) is 4.22. The zero-order chi connectivity index (χ0) is 18.9. The fraction of sp³-hybridized carbons (Fsp3) is 0.412. The van der Waals surface area contributed by atoms with Gasteiger partial charge in [-0.3, -0.25) is 0 Å². The molecule has 2 heterocycles. The van der Waals surface area contributed by atoms with Crippen molar-refractivity contribution < 1.29 is 23.0 Å². The molecule has 0 amide bonds. The van der Waals surface area contributed by atoms with Gasteiger partial charge in [0, 0.05) is 24.9 Å².